The summed E-state index contributed by atoms with van der Waals surface area (Å²) in [6.45, 7) is 8.08. The normalized spacial score (nSPS) is 11.5. The first kappa shape index (κ1) is 13.9. The Bertz CT molecular complexity index is 784. The number of imidazole rings is 1. The van der Waals surface area contributed by atoms with Crippen LogP contribution in [0.25, 0.3) is 16.2 Å². The Morgan fingerprint density at radius 3 is 2.48 bits per heavy atom. The number of rotatable bonds is 3. The third-order valence-electron chi connectivity index (χ3n) is 3.37. The van der Waals surface area contributed by atoms with Crippen molar-refractivity contribution >= 4 is 22.1 Å². The molecular formula is C16H19N3OS. The van der Waals surface area contributed by atoms with E-state index in [0.29, 0.717) is 5.82 Å². The van der Waals surface area contributed by atoms with Gasteiger partial charge < -0.3 is 10.5 Å². The predicted molar refractivity (Wildman–Crippen MR) is 88.2 cm³/mol. The summed E-state index contributed by atoms with van der Waals surface area (Å²) in [6.07, 6.45) is 0.178. The number of thiazole rings is 1. The van der Waals surface area contributed by atoms with Gasteiger partial charge in [0, 0.05) is 10.4 Å². The van der Waals surface area contributed by atoms with Crippen molar-refractivity contribution in [3.63, 3.8) is 0 Å². The molecule has 5 heteroatoms. The fraction of sp³-hybridized carbons (Fsp3) is 0.312. The molecule has 2 aromatic heterocycles. The fourth-order valence-electron chi connectivity index (χ4n) is 2.44. The number of nitrogens with zero attached hydrogens (tertiary/aromatic N) is 2. The minimum Gasteiger partial charge on any atom is -0.491 e. The van der Waals surface area contributed by atoms with Gasteiger partial charge in [0.2, 0.25) is 0 Å². The number of anilines is 1. The summed E-state index contributed by atoms with van der Waals surface area (Å²) in [4.78, 5) is 6.66. The van der Waals surface area contributed by atoms with E-state index in [-0.39, 0.29) is 6.10 Å². The molecule has 0 aliphatic carbocycles. The lowest BCUT2D eigenvalue weighted by atomic mass is 10.1. The highest BCUT2D eigenvalue weighted by molar-refractivity contribution is 7.17. The van der Waals surface area contributed by atoms with Gasteiger partial charge in [0.05, 0.1) is 17.5 Å². The second-order valence-electron chi connectivity index (χ2n) is 5.40. The summed E-state index contributed by atoms with van der Waals surface area (Å²) >= 11 is 1.66. The average molecular weight is 301 g/mol. The van der Waals surface area contributed by atoms with E-state index in [1.165, 1.54) is 4.88 Å². The quantitative estimate of drug-likeness (QED) is 0.794. The highest BCUT2D eigenvalue weighted by Crippen LogP contribution is 2.34. The predicted octanol–water partition coefficient (Wildman–Crippen LogP) is 4.05. The molecule has 3 rings (SSSR count). The van der Waals surface area contributed by atoms with E-state index < -0.39 is 0 Å². The molecule has 110 valence electrons. The average Bonchev–Trinajstić information content (AvgIpc) is 2.87. The zero-order chi connectivity index (χ0) is 15.1. The van der Waals surface area contributed by atoms with Crippen LogP contribution in [-0.4, -0.2) is 15.5 Å². The van der Waals surface area contributed by atoms with E-state index in [4.69, 9.17) is 10.5 Å². The molecular weight excluding hydrogens is 282 g/mol. The van der Waals surface area contributed by atoms with Gasteiger partial charge in [0.25, 0.3) is 0 Å². The first-order valence-electron chi connectivity index (χ1n) is 6.98. The van der Waals surface area contributed by atoms with Crippen LogP contribution in [0.2, 0.25) is 0 Å². The number of nitrogen functional groups attached to an aromatic ring is 1. The Hall–Kier alpha value is -2.01. The zero-order valence-corrected chi connectivity index (χ0v) is 13.5. The van der Waals surface area contributed by atoms with Crippen molar-refractivity contribution in [1.29, 1.82) is 0 Å². The largest absolute Gasteiger partial charge is 0.491 e. The van der Waals surface area contributed by atoms with Gasteiger partial charge in [-0.15, -0.1) is 11.3 Å². The minimum atomic E-state index is 0.178. The lowest BCUT2D eigenvalue weighted by Gasteiger charge is -2.10. The summed E-state index contributed by atoms with van der Waals surface area (Å²) < 4.78 is 7.73. The van der Waals surface area contributed by atoms with Gasteiger partial charge in [-0.05, 0) is 52.0 Å². The molecule has 0 unspecified atom stereocenters. The summed E-state index contributed by atoms with van der Waals surface area (Å²) in [5.41, 5.74) is 9.28. The van der Waals surface area contributed by atoms with Crippen molar-refractivity contribution in [2.45, 2.75) is 33.8 Å². The molecule has 0 radical (unpaired) electrons. The maximum atomic E-state index is 6.17. The second-order valence-corrected chi connectivity index (χ2v) is 6.58. The summed E-state index contributed by atoms with van der Waals surface area (Å²) in [5, 5.41) is 0. The Morgan fingerprint density at radius 2 is 1.86 bits per heavy atom. The van der Waals surface area contributed by atoms with Crippen molar-refractivity contribution in [2.24, 2.45) is 0 Å². The van der Waals surface area contributed by atoms with Crippen LogP contribution in [0.3, 0.4) is 0 Å². The van der Waals surface area contributed by atoms with Crippen molar-refractivity contribution in [3.8, 4) is 17.0 Å². The molecule has 1 aromatic carbocycles. The molecule has 0 saturated heterocycles. The maximum absolute atomic E-state index is 6.17. The monoisotopic (exact) mass is 301 g/mol. The van der Waals surface area contributed by atoms with E-state index in [1.54, 1.807) is 11.3 Å². The number of benzene rings is 1. The number of fused-ring (bicyclic) bond motifs is 1. The van der Waals surface area contributed by atoms with Gasteiger partial charge in [0.1, 0.15) is 11.6 Å². The summed E-state index contributed by atoms with van der Waals surface area (Å²) in [7, 11) is 0. The Balaban J connectivity index is 2.09. The zero-order valence-electron chi connectivity index (χ0n) is 12.7. The topological polar surface area (TPSA) is 52.5 Å². The molecule has 0 aliphatic rings. The number of hydrogen-bond donors (Lipinski definition) is 1. The SMILES string of the molecule is Cc1nc2sc(C)c(-c3ccc(OC(C)C)cc3)n2c1N. The minimum absolute atomic E-state index is 0.178. The molecule has 0 amide bonds. The van der Waals surface area contributed by atoms with Crippen LogP contribution >= 0.6 is 11.3 Å². The van der Waals surface area contributed by atoms with Crippen molar-refractivity contribution in [2.75, 3.05) is 5.73 Å². The highest BCUT2D eigenvalue weighted by atomic mass is 32.1. The van der Waals surface area contributed by atoms with Crippen molar-refractivity contribution in [3.05, 3.63) is 34.8 Å². The molecule has 2 N–H and O–H groups in total. The first-order valence-corrected chi connectivity index (χ1v) is 7.80. The van der Waals surface area contributed by atoms with E-state index in [1.807, 2.05) is 37.3 Å². The molecule has 0 bridgehead atoms. The number of nitrogens with two attached hydrogens (primary N) is 1. The third kappa shape index (κ3) is 2.38. The van der Waals surface area contributed by atoms with Gasteiger partial charge in [-0.25, -0.2) is 4.98 Å². The maximum Gasteiger partial charge on any atom is 0.196 e. The van der Waals surface area contributed by atoms with E-state index >= 15 is 0 Å². The number of aromatic nitrogens is 2. The summed E-state index contributed by atoms with van der Waals surface area (Å²) in [5.74, 6) is 1.60. The van der Waals surface area contributed by atoms with Gasteiger partial charge in [-0.2, -0.15) is 0 Å². The van der Waals surface area contributed by atoms with Crippen LogP contribution < -0.4 is 10.5 Å². The number of hydrogen-bond acceptors (Lipinski definition) is 4. The molecule has 0 aliphatic heterocycles. The second kappa shape index (κ2) is 5.07. The van der Waals surface area contributed by atoms with Crippen LogP contribution in [0, 0.1) is 13.8 Å². The van der Waals surface area contributed by atoms with Crippen molar-refractivity contribution < 1.29 is 4.74 Å². The van der Waals surface area contributed by atoms with Crippen molar-refractivity contribution in [1.82, 2.24) is 9.38 Å². The van der Waals surface area contributed by atoms with Gasteiger partial charge in [-0.3, -0.25) is 4.40 Å². The van der Waals surface area contributed by atoms with Crippen LogP contribution in [0.5, 0.6) is 5.75 Å². The molecule has 0 atom stereocenters. The number of aryl methyl sites for hydroxylation is 2. The van der Waals surface area contributed by atoms with Crippen LogP contribution in [0.1, 0.15) is 24.4 Å². The standard InChI is InChI=1S/C16H19N3OS/c1-9(2)20-13-7-5-12(6-8-13)14-11(4)21-16-18-10(3)15(17)19(14)16/h5-9H,17H2,1-4H3. The molecule has 0 spiro atoms. The Kier molecular flexibility index (Phi) is 3.37. The smallest absolute Gasteiger partial charge is 0.196 e. The van der Waals surface area contributed by atoms with Crippen LogP contribution in [-0.2, 0) is 0 Å². The molecule has 3 aromatic rings. The lowest BCUT2D eigenvalue weighted by Crippen LogP contribution is -2.05. The van der Waals surface area contributed by atoms with E-state index in [0.717, 1.165) is 27.7 Å². The molecule has 0 fully saturated rings. The van der Waals surface area contributed by atoms with Crippen LogP contribution in [0.4, 0.5) is 5.82 Å². The Morgan fingerprint density at radius 1 is 1.19 bits per heavy atom. The Labute approximate surface area is 128 Å². The molecule has 2 heterocycles. The molecule has 21 heavy (non-hydrogen) atoms. The third-order valence-corrected chi connectivity index (χ3v) is 4.32. The molecule has 4 nitrogen and oxygen atoms in total. The number of ether oxygens (including phenoxy) is 1. The molecule has 0 saturated carbocycles. The van der Waals surface area contributed by atoms with E-state index in [9.17, 15) is 0 Å². The lowest BCUT2D eigenvalue weighted by molar-refractivity contribution is 0.242. The van der Waals surface area contributed by atoms with E-state index in [2.05, 4.69) is 24.0 Å². The first-order chi connectivity index (χ1) is 9.97. The van der Waals surface area contributed by atoms with Crippen LogP contribution in [0.15, 0.2) is 24.3 Å². The van der Waals surface area contributed by atoms with Gasteiger partial charge in [-0.1, -0.05) is 0 Å². The fourth-order valence-corrected chi connectivity index (χ4v) is 3.48. The summed E-state index contributed by atoms with van der Waals surface area (Å²) in [6, 6.07) is 8.14. The highest BCUT2D eigenvalue weighted by Gasteiger charge is 2.16. The van der Waals surface area contributed by atoms with Gasteiger partial charge >= 0.3 is 0 Å². The van der Waals surface area contributed by atoms with Gasteiger partial charge in [0.15, 0.2) is 4.96 Å².